The monoisotopic (exact) mass is 301 g/mol. The maximum atomic E-state index is 8.86. The summed E-state index contributed by atoms with van der Waals surface area (Å²) in [6, 6.07) is 16.7. The fourth-order valence-corrected chi connectivity index (χ4v) is 0.931. The van der Waals surface area contributed by atoms with Crippen LogP contribution in [-0.4, -0.2) is 12.2 Å². The molecule has 2 rings (SSSR count). The third-order valence-electron chi connectivity index (χ3n) is 1.61. The van der Waals surface area contributed by atoms with E-state index in [0.29, 0.717) is 5.75 Å². The van der Waals surface area contributed by atoms with Gasteiger partial charge in [0.2, 0.25) is 0 Å². The van der Waals surface area contributed by atoms with Gasteiger partial charge in [-0.1, -0.05) is 6.07 Å². The van der Waals surface area contributed by atoms with E-state index in [0.717, 1.165) is 0 Å². The third kappa shape index (κ3) is 14.1. The van der Waals surface area contributed by atoms with Crippen LogP contribution in [0.15, 0.2) is 54.6 Å². The maximum Gasteiger partial charge on any atom is 0 e. The van der Waals surface area contributed by atoms with Crippen LogP contribution in [0.5, 0.6) is 11.5 Å². The van der Waals surface area contributed by atoms with Gasteiger partial charge in [0, 0.05) is 23.1 Å². The van der Waals surface area contributed by atoms with Gasteiger partial charge >= 0.3 is 22.6 Å². The molecule has 0 aromatic heterocycles. The summed E-state index contributed by atoms with van der Waals surface area (Å²) in [5.41, 5.74) is 0. The molecule has 1 N–H and O–H groups in total. The van der Waals surface area contributed by atoms with E-state index in [2.05, 4.69) is 13.3 Å². The van der Waals surface area contributed by atoms with Gasteiger partial charge in [-0.2, -0.15) is 18.2 Å². The van der Waals surface area contributed by atoms with Gasteiger partial charge in [0.05, 0.1) is 7.11 Å². The summed E-state index contributed by atoms with van der Waals surface area (Å²) in [7, 11) is 1.56. The molecule has 0 spiro atoms. The van der Waals surface area contributed by atoms with Crippen molar-refractivity contribution in [2.45, 2.75) is 0 Å². The molecule has 0 amide bonds. The van der Waals surface area contributed by atoms with Gasteiger partial charge in [-0.05, 0) is 12.1 Å². The number of methoxy groups -OCH3 is 1. The quantitative estimate of drug-likeness (QED) is 0.500. The molecular weight excluding hydrogens is 288 g/mol. The second kappa shape index (κ2) is 18.5. The van der Waals surface area contributed by atoms with Crippen LogP contribution in [0.25, 0.3) is 0 Å². The van der Waals surface area contributed by atoms with Gasteiger partial charge in [0.15, 0.2) is 0 Å². The van der Waals surface area contributed by atoms with Crippen molar-refractivity contribution in [3.8, 4) is 11.5 Å². The molecule has 0 fully saturated rings. The molecule has 0 aliphatic carbocycles. The molecule has 0 heterocycles. The van der Waals surface area contributed by atoms with Crippen molar-refractivity contribution in [1.82, 2.24) is 0 Å². The molecule has 0 saturated heterocycles. The number of aromatic hydroxyl groups is 1. The number of phenolic OH excluding ortho intramolecular Hbond substituents is 1. The number of ether oxygens (including phenoxy) is 1. The van der Waals surface area contributed by atoms with Crippen molar-refractivity contribution in [1.29, 1.82) is 0 Å². The summed E-state index contributed by atoms with van der Waals surface area (Å²) in [6.45, 7) is 9.00. The van der Waals surface area contributed by atoms with Gasteiger partial charge in [-0.15, -0.1) is 0 Å². The minimum absolute atomic E-state index is 0. The Bertz CT molecular complexity index is 398. The molecule has 0 atom stereocenters. The average Bonchev–Trinajstić information content (AvgIpc) is 3.02. The molecular formula is C14H13FeO4-. The largest absolute Gasteiger partial charge is 0.214 e. The van der Waals surface area contributed by atoms with Crippen molar-refractivity contribution >= 4 is 0 Å². The Hall–Kier alpha value is -1.83. The van der Waals surface area contributed by atoms with Gasteiger partial charge < -0.3 is 9.84 Å². The van der Waals surface area contributed by atoms with Gasteiger partial charge in [-0.3, -0.25) is 0 Å². The van der Waals surface area contributed by atoms with Crippen LogP contribution < -0.4 is 4.74 Å². The van der Waals surface area contributed by atoms with E-state index in [9.17, 15) is 0 Å². The first-order chi connectivity index (χ1) is 8.83. The Balaban J connectivity index is -0.000000220. The zero-order valence-electron chi connectivity index (χ0n) is 10.2. The predicted molar refractivity (Wildman–Crippen MR) is 64.6 cm³/mol. The van der Waals surface area contributed by atoms with Crippen LogP contribution in [0.4, 0.5) is 0 Å². The summed E-state index contributed by atoms with van der Waals surface area (Å²) in [5.74, 6) is 0.907. The average molecular weight is 301 g/mol. The second-order valence-electron chi connectivity index (χ2n) is 2.66. The molecule has 0 aliphatic rings. The predicted octanol–water partition coefficient (Wildman–Crippen LogP) is 2.73. The SMILES string of the molecule is COc1cccc(O)c1.[C-]#[O+].[C-]#[O+].[Fe].c1cc[cH-]c1. The minimum Gasteiger partial charge on any atom is -0.214 e. The van der Waals surface area contributed by atoms with Crippen LogP contribution in [0.1, 0.15) is 0 Å². The normalized spacial score (nSPS) is 6.58. The molecule has 4 nitrogen and oxygen atoms in total. The molecule has 2 aromatic rings. The fraction of sp³-hybridized carbons (Fsp3) is 0.0714. The standard InChI is InChI=1S/C7H8O2.C5H5.2CO.Fe/c1-9-7-4-2-3-6(8)5-7;1-2-4-5-3-1;2*1-2;/h2-5,8H,1H3;1-5H;;;/q;-1;;;. The number of rotatable bonds is 1. The van der Waals surface area contributed by atoms with Gasteiger partial charge in [0.1, 0.15) is 11.5 Å². The molecule has 19 heavy (non-hydrogen) atoms. The molecule has 0 radical (unpaired) electrons. The van der Waals surface area contributed by atoms with E-state index >= 15 is 0 Å². The molecule has 0 bridgehead atoms. The Morgan fingerprint density at radius 3 is 1.84 bits per heavy atom. The zero-order chi connectivity index (χ0) is 14.2. The van der Waals surface area contributed by atoms with Crippen molar-refractivity contribution in [3.05, 3.63) is 67.9 Å². The van der Waals surface area contributed by atoms with Crippen LogP contribution >= 0.6 is 0 Å². The first kappa shape index (κ1) is 22.4. The van der Waals surface area contributed by atoms with Crippen LogP contribution in [-0.2, 0) is 26.4 Å². The van der Waals surface area contributed by atoms with Crippen molar-refractivity contribution in [3.63, 3.8) is 0 Å². The van der Waals surface area contributed by atoms with E-state index in [-0.39, 0.29) is 22.8 Å². The van der Waals surface area contributed by atoms with E-state index < -0.39 is 0 Å². The van der Waals surface area contributed by atoms with Crippen molar-refractivity contribution < 1.29 is 36.2 Å². The van der Waals surface area contributed by atoms with Crippen molar-refractivity contribution in [2.24, 2.45) is 0 Å². The van der Waals surface area contributed by atoms with Crippen LogP contribution in [0.3, 0.4) is 0 Å². The third-order valence-corrected chi connectivity index (χ3v) is 1.61. The summed E-state index contributed by atoms with van der Waals surface area (Å²) in [5, 5.41) is 8.86. The number of phenols is 1. The first-order valence-corrected chi connectivity index (χ1v) is 4.73. The maximum absolute atomic E-state index is 8.86. The second-order valence-corrected chi connectivity index (χ2v) is 2.66. The van der Waals surface area contributed by atoms with E-state index in [1.807, 2.05) is 30.3 Å². The van der Waals surface area contributed by atoms with Gasteiger partial charge in [0.25, 0.3) is 0 Å². The van der Waals surface area contributed by atoms with Gasteiger partial charge in [-0.25, -0.2) is 12.1 Å². The zero-order valence-corrected chi connectivity index (χ0v) is 11.3. The number of benzene rings is 1. The van der Waals surface area contributed by atoms with E-state index in [1.165, 1.54) is 0 Å². The fourth-order valence-electron chi connectivity index (χ4n) is 0.931. The summed E-state index contributed by atoms with van der Waals surface area (Å²) < 4.78 is 19.8. The van der Waals surface area contributed by atoms with Crippen molar-refractivity contribution in [2.75, 3.05) is 7.11 Å². The Kier molecular flexibility index (Phi) is 21.8. The Morgan fingerprint density at radius 1 is 1.05 bits per heavy atom. The van der Waals surface area contributed by atoms with E-state index in [4.69, 9.17) is 19.1 Å². The van der Waals surface area contributed by atoms with Crippen LogP contribution in [0, 0.1) is 13.3 Å². The molecule has 2 aromatic carbocycles. The molecule has 0 unspecified atom stereocenters. The smallest absolute Gasteiger partial charge is 0 e. The Morgan fingerprint density at radius 2 is 1.58 bits per heavy atom. The topological polar surface area (TPSA) is 69.3 Å². The minimum atomic E-state index is 0. The summed E-state index contributed by atoms with van der Waals surface area (Å²) in [4.78, 5) is 0. The number of hydrogen-bond acceptors (Lipinski definition) is 2. The molecule has 102 valence electrons. The van der Waals surface area contributed by atoms with E-state index in [1.54, 1.807) is 31.4 Å². The molecule has 0 aliphatic heterocycles. The number of hydrogen-bond donors (Lipinski definition) is 1. The van der Waals surface area contributed by atoms with Crippen LogP contribution in [0.2, 0.25) is 0 Å². The first-order valence-electron chi connectivity index (χ1n) is 4.73. The molecule has 0 saturated carbocycles. The Labute approximate surface area is 123 Å². The summed E-state index contributed by atoms with van der Waals surface area (Å²) >= 11 is 0. The summed E-state index contributed by atoms with van der Waals surface area (Å²) in [6.07, 6.45) is 0. The molecule has 5 heteroatoms.